The lowest BCUT2D eigenvalue weighted by Crippen LogP contribution is -2.10. The number of hydrogen-bond donors (Lipinski definition) is 3. The highest BCUT2D eigenvalue weighted by Crippen LogP contribution is 2.22. The molecule has 0 saturated carbocycles. The summed E-state index contributed by atoms with van der Waals surface area (Å²) in [5, 5.41) is 12.8. The van der Waals surface area contributed by atoms with E-state index in [9.17, 15) is 9.59 Å². The molecule has 2 amide bonds. The van der Waals surface area contributed by atoms with Crippen LogP contribution in [0.25, 0.3) is 0 Å². The first-order valence-corrected chi connectivity index (χ1v) is 6.63. The van der Waals surface area contributed by atoms with E-state index in [1.165, 1.54) is 18.3 Å². The number of rotatable bonds is 4. The van der Waals surface area contributed by atoms with Gasteiger partial charge >= 0.3 is 0 Å². The van der Waals surface area contributed by atoms with Crippen LogP contribution in [0.5, 0.6) is 0 Å². The summed E-state index contributed by atoms with van der Waals surface area (Å²) in [6.45, 7) is 3.42. The molecule has 7 heteroatoms. The molecule has 0 radical (unpaired) electrons. The average Bonchev–Trinajstić information content (AvgIpc) is 2.97. The molecule has 0 spiro atoms. The van der Waals surface area contributed by atoms with Crippen molar-refractivity contribution in [3.8, 4) is 0 Å². The van der Waals surface area contributed by atoms with E-state index in [0.717, 1.165) is 12.1 Å². The minimum Gasteiger partial charge on any atom is -0.318 e. The molecule has 2 aromatic rings. The Balaban J connectivity index is 2.03. The second kappa shape index (κ2) is 5.66. The number of aryl methyl sites for hydroxylation is 1. The summed E-state index contributed by atoms with van der Waals surface area (Å²) in [7, 11) is 0. The smallest absolute Gasteiger partial charge is 0.267 e. The fraction of sp³-hybridized carbons (Fsp3) is 0.250. The molecule has 0 unspecified atom stereocenters. The molecular formula is C12H14N4O2S. The lowest BCUT2D eigenvalue weighted by Gasteiger charge is -1.98. The van der Waals surface area contributed by atoms with Crippen molar-refractivity contribution >= 4 is 34.0 Å². The van der Waals surface area contributed by atoms with Crippen LogP contribution in [-0.4, -0.2) is 22.0 Å². The lowest BCUT2D eigenvalue weighted by molar-refractivity contribution is -0.114. The fourth-order valence-corrected chi connectivity index (χ4v) is 2.33. The van der Waals surface area contributed by atoms with Crippen molar-refractivity contribution in [2.75, 3.05) is 10.6 Å². The molecule has 0 saturated heterocycles. The second-order valence-corrected chi connectivity index (χ2v) is 5.01. The Hall–Kier alpha value is -2.15. The number of amides is 2. The van der Waals surface area contributed by atoms with Gasteiger partial charge in [-0.1, -0.05) is 6.92 Å². The van der Waals surface area contributed by atoms with Crippen LogP contribution in [0.2, 0.25) is 0 Å². The Morgan fingerprint density at radius 1 is 1.37 bits per heavy atom. The van der Waals surface area contributed by atoms with Crippen LogP contribution in [0.1, 0.15) is 29.2 Å². The normalized spacial score (nSPS) is 10.2. The summed E-state index contributed by atoms with van der Waals surface area (Å²) in [4.78, 5) is 23.4. The van der Waals surface area contributed by atoms with Crippen molar-refractivity contribution in [2.24, 2.45) is 0 Å². The molecule has 0 fully saturated rings. The van der Waals surface area contributed by atoms with Crippen LogP contribution >= 0.6 is 11.3 Å². The van der Waals surface area contributed by atoms with E-state index in [1.807, 2.05) is 6.92 Å². The highest BCUT2D eigenvalue weighted by Gasteiger charge is 2.11. The zero-order chi connectivity index (χ0) is 13.8. The van der Waals surface area contributed by atoms with Gasteiger partial charge in [0.1, 0.15) is 0 Å². The summed E-state index contributed by atoms with van der Waals surface area (Å²) < 4.78 is 0. The molecule has 6 nitrogen and oxygen atoms in total. The Morgan fingerprint density at radius 3 is 2.79 bits per heavy atom. The maximum absolute atomic E-state index is 11.9. The first-order valence-electron chi connectivity index (χ1n) is 5.81. The Kier molecular flexibility index (Phi) is 3.96. The zero-order valence-corrected chi connectivity index (χ0v) is 11.4. The molecule has 2 rings (SSSR count). The molecule has 0 aromatic carbocycles. The van der Waals surface area contributed by atoms with E-state index in [-0.39, 0.29) is 11.8 Å². The van der Waals surface area contributed by atoms with Crippen molar-refractivity contribution in [1.82, 2.24) is 10.2 Å². The minimum atomic E-state index is -0.240. The first kappa shape index (κ1) is 13.3. The summed E-state index contributed by atoms with van der Waals surface area (Å²) in [5.74, 6) is 0.0979. The number of carbonyl (C=O) groups is 2. The maximum Gasteiger partial charge on any atom is 0.267 e. The van der Waals surface area contributed by atoms with Crippen LogP contribution < -0.4 is 10.6 Å². The third-order valence-corrected chi connectivity index (χ3v) is 3.38. The molecule has 0 bridgehead atoms. The number of carbonyl (C=O) groups excluding carboxylic acids is 2. The van der Waals surface area contributed by atoms with Crippen molar-refractivity contribution < 1.29 is 9.59 Å². The Labute approximate surface area is 114 Å². The number of anilines is 2. The number of aromatic nitrogens is 2. The van der Waals surface area contributed by atoms with Crippen LogP contribution in [0.4, 0.5) is 10.8 Å². The van der Waals surface area contributed by atoms with E-state index in [4.69, 9.17) is 0 Å². The van der Waals surface area contributed by atoms with E-state index in [0.29, 0.717) is 15.7 Å². The summed E-state index contributed by atoms with van der Waals surface area (Å²) in [5.41, 5.74) is 0.959. The largest absolute Gasteiger partial charge is 0.318 e. The Bertz CT molecular complexity index is 602. The number of thiophene rings is 1. The summed E-state index contributed by atoms with van der Waals surface area (Å²) in [6, 6.07) is 5.15. The van der Waals surface area contributed by atoms with Crippen molar-refractivity contribution in [2.45, 2.75) is 20.3 Å². The van der Waals surface area contributed by atoms with Crippen molar-refractivity contribution in [1.29, 1.82) is 0 Å². The minimum absolute atomic E-state index is 0.159. The van der Waals surface area contributed by atoms with Gasteiger partial charge in [0.05, 0.1) is 9.88 Å². The third-order valence-electron chi connectivity index (χ3n) is 2.38. The van der Waals surface area contributed by atoms with Crippen LogP contribution in [-0.2, 0) is 11.2 Å². The summed E-state index contributed by atoms with van der Waals surface area (Å²) >= 11 is 1.22. The highest BCUT2D eigenvalue weighted by atomic mass is 32.1. The maximum atomic E-state index is 11.9. The van der Waals surface area contributed by atoms with Gasteiger partial charge in [-0.3, -0.25) is 14.7 Å². The summed E-state index contributed by atoms with van der Waals surface area (Å²) in [6.07, 6.45) is 0.828. The van der Waals surface area contributed by atoms with Crippen LogP contribution in [0.15, 0.2) is 18.2 Å². The number of H-pyrrole nitrogens is 1. The van der Waals surface area contributed by atoms with Gasteiger partial charge in [0, 0.05) is 18.7 Å². The predicted molar refractivity (Wildman–Crippen MR) is 74.5 cm³/mol. The molecule has 100 valence electrons. The molecule has 19 heavy (non-hydrogen) atoms. The van der Waals surface area contributed by atoms with E-state index in [2.05, 4.69) is 20.8 Å². The topological polar surface area (TPSA) is 86.9 Å². The van der Waals surface area contributed by atoms with E-state index < -0.39 is 0 Å². The van der Waals surface area contributed by atoms with Gasteiger partial charge in [0.15, 0.2) is 5.82 Å². The van der Waals surface area contributed by atoms with Gasteiger partial charge in [0.25, 0.3) is 5.91 Å². The SMILES string of the molecule is CCc1cc(NC(=O)c2ccc(NC(C)=O)s2)n[nH]1. The standard InChI is InChI=1S/C12H14N4O2S/c1-3-8-6-10(16-15-8)14-12(18)9-4-5-11(19-9)13-7(2)17/h4-6H,3H2,1-2H3,(H,13,17)(H2,14,15,16,18). The quantitative estimate of drug-likeness (QED) is 0.801. The molecule has 3 N–H and O–H groups in total. The monoisotopic (exact) mass is 278 g/mol. The number of nitrogens with one attached hydrogen (secondary N) is 3. The van der Waals surface area contributed by atoms with Crippen molar-refractivity contribution in [3.63, 3.8) is 0 Å². The highest BCUT2D eigenvalue weighted by molar-refractivity contribution is 7.18. The van der Waals surface area contributed by atoms with Crippen molar-refractivity contribution in [3.05, 3.63) is 28.8 Å². The van der Waals surface area contributed by atoms with E-state index in [1.54, 1.807) is 18.2 Å². The first-order chi connectivity index (χ1) is 9.08. The van der Waals surface area contributed by atoms with Crippen LogP contribution in [0, 0.1) is 0 Å². The van der Waals surface area contributed by atoms with Crippen LogP contribution in [0.3, 0.4) is 0 Å². The van der Waals surface area contributed by atoms with Gasteiger partial charge in [0.2, 0.25) is 5.91 Å². The zero-order valence-electron chi connectivity index (χ0n) is 10.6. The third kappa shape index (κ3) is 3.41. The molecule has 2 heterocycles. The molecule has 0 atom stereocenters. The number of nitrogens with zero attached hydrogens (tertiary/aromatic N) is 1. The molecule has 0 aliphatic rings. The molecular weight excluding hydrogens is 264 g/mol. The predicted octanol–water partition coefficient (Wildman–Crippen LogP) is 2.24. The second-order valence-electron chi connectivity index (χ2n) is 3.93. The van der Waals surface area contributed by atoms with Gasteiger partial charge in [-0.25, -0.2) is 0 Å². The molecule has 0 aliphatic heterocycles. The fourth-order valence-electron chi connectivity index (χ4n) is 1.49. The molecule has 0 aliphatic carbocycles. The molecule has 2 aromatic heterocycles. The lowest BCUT2D eigenvalue weighted by atomic mass is 10.3. The van der Waals surface area contributed by atoms with Gasteiger partial charge in [-0.15, -0.1) is 11.3 Å². The van der Waals surface area contributed by atoms with Gasteiger partial charge in [-0.2, -0.15) is 5.10 Å². The Morgan fingerprint density at radius 2 is 2.16 bits per heavy atom. The van der Waals surface area contributed by atoms with Gasteiger partial charge < -0.3 is 10.6 Å². The number of aromatic amines is 1. The van der Waals surface area contributed by atoms with E-state index >= 15 is 0 Å². The average molecular weight is 278 g/mol. The van der Waals surface area contributed by atoms with Gasteiger partial charge in [-0.05, 0) is 18.6 Å². The number of hydrogen-bond acceptors (Lipinski definition) is 4.